The van der Waals surface area contributed by atoms with Crippen LogP contribution >= 0.6 is 0 Å². The van der Waals surface area contributed by atoms with Gasteiger partial charge in [0.1, 0.15) is 0 Å². The normalized spacial score (nSPS) is 14.2. The fourth-order valence-corrected chi connectivity index (χ4v) is 4.81. The predicted molar refractivity (Wildman–Crippen MR) is 129 cm³/mol. The molecule has 1 aliphatic heterocycles. The lowest BCUT2D eigenvalue weighted by Gasteiger charge is -2.35. The average Bonchev–Trinajstić information content (AvgIpc) is 2.83. The molecule has 182 valence electrons. The Labute approximate surface area is 200 Å². The van der Waals surface area contributed by atoms with Crippen LogP contribution in [0.4, 0.5) is 5.69 Å². The zero-order chi connectivity index (χ0) is 24.9. The van der Waals surface area contributed by atoms with E-state index in [2.05, 4.69) is 12.2 Å². The summed E-state index contributed by atoms with van der Waals surface area (Å²) in [5, 5.41) is 2.58. The minimum atomic E-state index is -3.88. The molecular formula is C24H30N4O5S. The van der Waals surface area contributed by atoms with E-state index in [1.807, 2.05) is 24.3 Å². The third-order valence-electron chi connectivity index (χ3n) is 5.77. The summed E-state index contributed by atoms with van der Waals surface area (Å²) in [5.41, 5.74) is 2.26. The molecule has 0 aliphatic carbocycles. The van der Waals surface area contributed by atoms with Gasteiger partial charge in [-0.1, -0.05) is 19.1 Å². The highest BCUT2D eigenvalue weighted by molar-refractivity contribution is 7.89. The van der Waals surface area contributed by atoms with E-state index in [0.717, 1.165) is 16.3 Å². The zero-order valence-electron chi connectivity index (χ0n) is 19.7. The Kier molecular flexibility index (Phi) is 8.06. The Bertz CT molecular complexity index is 1140. The Morgan fingerprint density at radius 1 is 0.912 bits per heavy atom. The molecule has 2 aromatic carbocycles. The molecule has 0 radical (unpaired) electrons. The van der Waals surface area contributed by atoms with Gasteiger partial charge in [0.05, 0.1) is 11.4 Å². The summed E-state index contributed by atoms with van der Waals surface area (Å²) in [6.45, 7) is 4.58. The first kappa shape index (κ1) is 25.4. The molecule has 34 heavy (non-hydrogen) atoms. The van der Waals surface area contributed by atoms with Gasteiger partial charge < -0.3 is 15.1 Å². The van der Waals surface area contributed by atoms with Gasteiger partial charge in [0.2, 0.25) is 21.8 Å². The number of anilines is 1. The summed E-state index contributed by atoms with van der Waals surface area (Å²) in [6.07, 6.45) is 0.905. The molecule has 0 unspecified atom stereocenters. The second-order valence-corrected chi connectivity index (χ2v) is 10.2. The lowest BCUT2D eigenvalue weighted by Crippen LogP contribution is -2.52. The summed E-state index contributed by atoms with van der Waals surface area (Å²) in [6, 6.07) is 13.3. The maximum atomic E-state index is 12.8. The van der Waals surface area contributed by atoms with Gasteiger partial charge in [0.25, 0.3) is 5.91 Å². The van der Waals surface area contributed by atoms with Gasteiger partial charge in [-0.25, -0.2) is 8.42 Å². The van der Waals surface area contributed by atoms with Crippen molar-refractivity contribution in [2.24, 2.45) is 0 Å². The molecule has 1 aliphatic rings. The molecular weight excluding hydrogens is 456 g/mol. The molecule has 3 amide bonds. The molecule has 3 rings (SSSR count). The number of hydrogen-bond donors (Lipinski definition) is 1. The molecule has 0 bridgehead atoms. The summed E-state index contributed by atoms with van der Waals surface area (Å²) < 4.78 is 26.7. The van der Waals surface area contributed by atoms with Crippen molar-refractivity contribution in [3.8, 4) is 0 Å². The van der Waals surface area contributed by atoms with Crippen molar-refractivity contribution in [2.75, 3.05) is 45.1 Å². The van der Waals surface area contributed by atoms with Crippen molar-refractivity contribution in [3.05, 3.63) is 59.7 Å². The quantitative estimate of drug-likeness (QED) is 0.642. The number of sulfonamides is 1. The number of nitrogens with one attached hydrogen (secondary N) is 1. The van der Waals surface area contributed by atoms with Crippen LogP contribution in [0.3, 0.4) is 0 Å². The van der Waals surface area contributed by atoms with Gasteiger partial charge in [-0.2, -0.15) is 4.31 Å². The van der Waals surface area contributed by atoms with Crippen LogP contribution < -0.4 is 5.32 Å². The second kappa shape index (κ2) is 10.8. The van der Waals surface area contributed by atoms with Crippen LogP contribution in [0.15, 0.2) is 53.4 Å². The largest absolute Gasteiger partial charge is 0.338 e. The highest BCUT2D eigenvalue weighted by Gasteiger charge is 2.28. The fraction of sp³-hybridized carbons (Fsp3) is 0.375. The van der Waals surface area contributed by atoms with Crippen LogP contribution in [0.5, 0.6) is 0 Å². The maximum absolute atomic E-state index is 12.8. The number of carbonyl (C=O) groups excluding carboxylic acids is 3. The van der Waals surface area contributed by atoms with E-state index in [1.54, 1.807) is 9.80 Å². The SMILES string of the molecule is CCc1ccc(C(=O)N2CCN(C(=O)CN(C)S(=O)(=O)c3ccc(NC(C)=O)cc3)CC2)cc1. The number of piperazine rings is 1. The molecule has 1 heterocycles. The van der Waals surface area contributed by atoms with Crippen LogP contribution in [0.2, 0.25) is 0 Å². The number of likely N-dealkylation sites (N-methyl/N-ethyl adjacent to an activating group) is 1. The summed E-state index contributed by atoms with van der Waals surface area (Å²) in [4.78, 5) is 39.9. The number of benzene rings is 2. The number of nitrogens with zero attached hydrogens (tertiary/aromatic N) is 3. The smallest absolute Gasteiger partial charge is 0.253 e. The van der Waals surface area contributed by atoms with Crippen LogP contribution in [-0.2, 0) is 26.0 Å². The van der Waals surface area contributed by atoms with Gasteiger partial charge in [-0.15, -0.1) is 0 Å². The lowest BCUT2D eigenvalue weighted by molar-refractivity contribution is -0.132. The molecule has 1 fully saturated rings. The average molecular weight is 487 g/mol. The highest BCUT2D eigenvalue weighted by atomic mass is 32.2. The zero-order valence-corrected chi connectivity index (χ0v) is 20.5. The first-order chi connectivity index (χ1) is 16.1. The molecule has 0 atom stereocenters. The Hall–Kier alpha value is -3.24. The van der Waals surface area contributed by atoms with Crippen LogP contribution in [0, 0.1) is 0 Å². The van der Waals surface area contributed by atoms with E-state index >= 15 is 0 Å². The molecule has 10 heteroatoms. The lowest BCUT2D eigenvalue weighted by atomic mass is 10.1. The number of aryl methyl sites for hydroxylation is 1. The highest BCUT2D eigenvalue weighted by Crippen LogP contribution is 2.18. The minimum Gasteiger partial charge on any atom is -0.338 e. The van der Waals surface area contributed by atoms with Crippen LogP contribution in [0.1, 0.15) is 29.8 Å². The predicted octanol–water partition coefficient (Wildman–Crippen LogP) is 1.81. The van der Waals surface area contributed by atoms with E-state index in [1.165, 1.54) is 38.2 Å². The van der Waals surface area contributed by atoms with Crippen molar-refractivity contribution in [3.63, 3.8) is 0 Å². The number of rotatable bonds is 7. The second-order valence-electron chi connectivity index (χ2n) is 8.19. The number of amides is 3. The molecule has 0 spiro atoms. The molecule has 0 saturated carbocycles. The Morgan fingerprint density at radius 2 is 1.47 bits per heavy atom. The summed E-state index contributed by atoms with van der Waals surface area (Å²) in [7, 11) is -2.52. The van der Waals surface area contributed by atoms with E-state index < -0.39 is 10.0 Å². The van der Waals surface area contributed by atoms with Gasteiger partial charge in [0, 0.05) is 51.4 Å². The number of carbonyl (C=O) groups is 3. The Balaban J connectivity index is 1.55. The van der Waals surface area contributed by atoms with Crippen LogP contribution in [0.25, 0.3) is 0 Å². The maximum Gasteiger partial charge on any atom is 0.253 e. The first-order valence-electron chi connectivity index (χ1n) is 11.1. The summed E-state index contributed by atoms with van der Waals surface area (Å²) >= 11 is 0. The third-order valence-corrected chi connectivity index (χ3v) is 7.59. The van der Waals surface area contributed by atoms with Crippen LogP contribution in [-0.4, -0.2) is 80.0 Å². The summed E-state index contributed by atoms with van der Waals surface area (Å²) in [5.74, 6) is -0.646. The van der Waals surface area contributed by atoms with Crippen molar-refractivity contribution < 1.29 is 22.8 Å². The van der Waals surface area contributed by atoms with E-state index in [9.17, 15) is 22.8 Å². The molecule has 9 nitrogen and oxygen atoms in total. The van der Waals surface area contributed by atoms with E-state index in [0.29, 0.717) is 37.4 Å². The number of hydrogen-bond acceptors (Lipinski definition) is 5. The topological polar surface area (TPSA) is 107 Å². The van der Waals surface area contributed by atoms with Gasteiger partial charge in [-0.05, 0) is 48.4 Å². The molecule has 2 aromatic rings. The first-order valence-corrected chi connectivity index (χ1v) is 12.6. The third kappa shape index (κ3) is 6.00. The van der Waals surface area contributed by atoms with Crippen molar-refractivity contribution >= 4 is 33.4 Å². The van der Waals surface area contributed by atoms with Gasteiger partial charge in [0.15, 0.2) is 0 Å². The van der Waals surface area contributed by atoms with Crippen molar-refractivity contribution in [1.82, 2.24) is 14.1 Å². The van der Waals surface area contributed by atoms with E-state index in [4.69, 9.17) is 0 Å². The molecule has 1 N–H and O–H groups in total. The standard InChI is InChI=1S/C24H30N4O5S/c1-4-19-5-7-20(8-6-19)24(31)28-15-13-27(14-16-28)23(30)17-26(3)34(32,33)22-11-9-21(10-12-22)25-18(2)29/h5-12H,4,13-17H2,1-3H3,(H,25,29). The fourth-order valence-electron chi connectivity index (χ4n) is 3.69. The van der Waals surface area contributed by atoms with E-state index in [-0.39, 0.29) is 29.2 Å². The monoisotopic (exact) mass is 486 g/mol. The minimum absolute atomic E-state index is 0.0291. The molecule has 1 saturated heterocycles. The van der Waals surface area contributed by atoms with Gasteiger partial charge >= 0.3 is 0 Å². The molecule has 0 aromatic heterocycles. The van der Waals surface area contributed by atoms with Gasteiger partial charge in [-0.3, -0.25) is 14.4 Å². The Morgan fingerprint density at radius 3 is 2.00 bits per heavy atom. The van der Waals surface area contributed by atoms with Crippen molar-refractivity contribution in [1.29, 1.82) is 0 Å². The van der Waals surface area contributed by atoms with Crippen molar-refractivity contribution in [2.45, 2.75) is 25.2 Å².